The SMILES string of the molecule is Cc1cnc2c(c1NC(=O)c1ccccc1F)c(=O)n(C)c(=O)n2C. The largest absolute Gasteiger partial charge is 0.332 e. The fourth-order valence-corrected chi connectivity index (χ4v) is 2.61. The molecule has 0 bridgehead atoms. The molecule has 3 rings (SSSR count). The first-order chi connectivity index (χ1) is 11.8. The van der Waals surface area contributed by atoms with Gasteiger partial charge in [-0.15, -0.1) is 0 Å². The van der Waals surface area contributed by atoms with Crippen molar-refractivity contribution in [3.63, 3.8) is 0 Å². The predicted octanol–water partition coefficient (Wildman–Crippen LogP) is 1.33. The molecule has 1 amide bonds. The van der Waals surface area contributed by atoms with Crippen LogP contribution in [0.1, 0.15) is 15.9 Å². The first-order valence-corrected chi connectivity index (χ1v) is 7.44. The van der Waals surface area contributed by atoms with Gasteiger partial charge in [-0.1, -0.05) is 12.1 Å². The molecule has 0 atom stereocenters. The molecule has 2 heterocycles. The van der Waals surface area contributed by atoms with Crippen LogP contribution in [0.4, 0.5) is 10.1 Å². The van der Waals surface area contributed by atoms with Crippen molar-refractivity contribution in [2.45, 2.75) is 6.92 Å². The van der Waals surface area contributed by atoms with Gasteiger partial charge >= 0.3 is 5.69 Å². The fourth-order valence-electron chi connectivity index (χ4n) is 2.61. The maximum absolute atomic E-state index is 13.8. The zero-order valence-corrected chi connectivity index (χ0v) is 13.8. The van der Waals surface area contributed by atoms with Crippen molar-refractivity contribution in [3.05, 3.63) is 68.2 Å². The average molecular weight is 342 g/mol. The summed E-state index contributed by atoms with van der Waals surface area (Å²) in [6, 6.07) is 5.54. The van der Waals surface area contributed by atoms with Crippen molar-refractivity contribution in [1.29, 1.82) is 0 Å². The predicted molar refractivity (Wildman–Crippen MR) is 91.3 cm³/mol. The van der Waals surface area contributed by atoms with Gasteiger partial charge < -0.3 is 5.32 Å². The number of carbonyl (C=O) groups is 1. The third kappa shape index (κ3) is 2.61. The summed E-state index contributed by atoms with van der Waals surface area (Å²) < 4.78 is 16.0. The molecule has 1 aromatic carbocycles. The van der Waals surface area contributed by atoms with Gasteiger partial charge in [0.1, 0.15) is 11.2 Å². The quantitative estimate of drug-likeness (QED) is 0.761. The zero-order valence-electron chi connectivity index (χ0n) is 13.8. The maximum atomic E-state index is 13.8. The number of aromatic nitrogens is 3. The topological polar surface area (TPSA) is 86.0 Å². The van der Waals surface area contributed by atoms with Crippen LogP contribution in [0.15, 0.2) is 40.1 Å². The van der Waals surface area contributed by atoms with Crippen LogP contribution in [0.25, 0.3) is 11.0 Å². The number of rotatable bonds is 2. The smallest absolute Gasteiger partial charge is 0.321 e. The van der Waals surface area contributed by atoms with Gasteiger partial charge in [0, 0.05) is 20.3 Å². The second kappa shape index (κ2) is 5.97. The number of halogens is 1. The highest BCUT2D eigenvalue weighted by Crippen LogP contribution is 2.22. The molecular weight excluding hydrogens is 327 g/mol. The number of pyridine rings is 1. The lowest BCUT2D eigenvalue weighted by Gasteiger charge is -2.14. The van der Waals surface area contributed by atoms with Crippen molar-refractivity contribution in [1.82, 2.24) is 14.1 Å². The van der Waals surface area contributed by atoms with E-state index in [1.165, 1.54) is 49.1 Å². The number of amides is 1. The van der Waals surface area contributed by atoms with E-state index in [2.05, 4.69) is 10.3 Å². The fraction of sp³-hybridized carbons (Fsp3) is 0.176. The summed E-state index contributed by atoms with van der Waals surface area (Å²) >= 11 is 0. The van der Waals surface area contributed by atoms with Crippen molar-refractivity contribution in [2.75, 3.05) is 5.32 Å². The standard InChI is InChI=1S/C17H15FN4O3/c1-9-8-19-14-12(16(24)22(3)17(25)21(14)2)13(9)20-15(23)10-6-4-5-7-11(10)18/h4-8H,1-3H3,(H,19,20,23). The lowest BCUT2D eigenvalue weighted by molar-refractivity contribution is 0.102. The van der Waals surface area contributed by atoms with Crippen molar-refractivity contribution >= 4 is 22.6 Å². The molecule has 3 aromatic rings. The van der Waals surface area contributed by atoms with Gasteiger partial charge in [-0.3, -0.25) is 18.7 Å². The Kier molecular flexibility index (Phi) is 3.96. The molecule has 0 unspecified atom stereocenters. The number of benzene rings is 1. The molecule has 7 nitrogen and oxygen atoms in total. The summed E-state index contributed by atoms with van der Waals surface area (Å²) in [6.07, 6.45) is 1.44. The third-order valence-electron chi connectivity index (χ3n) is 4.02. The van der Waals surface area contributed by atoms with E-state index >= 15 is 0 Å². The summed E-state index contributed by atoms with van der Waals surface area (Å²) in [5.74, 6) is -1.36. The second-order valence-electron chi connectivity index (χ2n) is 5.65. The van der Waals surface area contributed by atoms with E-state index in [-0.39, 0.29) is 22.3 Å². The lowest BCUT2D eigenvalue weighted by Crippen LogP contribution is -2.37. The van der Waals surface area contributed by atoms with Crippen molar-refractivity contribution in [2.24, 2.45) is 14.1 Å². The monoisotopic (exact) mass is 342 g/mol. The molecule has 0 radical (unpaired) electrons. The van der Waals surface area contributed by atoms with Crippen LogP contribution in [0.5, 0.6) is 0 Å². The van der Waals surface area contributed by atoms with E-state index in [0.29, 0.717) is 5.56 Å². The minimum absolute atomic E-state index is 0.0919. The summed E-state index contributed by atoms with van der Waals surface area (Å²) in [6.45, 7) is 1.66. The van der Waals surface area contributed by atoms with E-state index < -0.39 is 23.0 Å². The highest BCUT2D eigenvalue weighted by atomic mass is 19.1. The van der Waals surface area contributed by atoms with Crippen LogP contribution < -0.4 is 16.6 Å². The summed E-state index contributed by atoms with van der Waals surface area (Å²) in [4.78, 5) is 41.1. The van der Waals surface area contributed by atoms with Crippen LogP contribution in [0.3, 0.4) is 0 Å². The normalized spacial score (nSPS) is 10.9. The molecule has 128 valence electrons. The number of carbonyl (C=O) groups excluding carboxylic acids is 1. The number of aryl methyl sites for hydroxylation is 2. The average Bonchev–Trinajstić information content (AvgIpc) is 2.60. The van der Waals surface area contributed by atoms with Gasteiger partial charge in [0.15, 0.2) is 5.65 Å². The van der Waals surface area contributed by atoms with Gasteiger partial charge in [0.2, 0.25) is 0 Å². The van der Waals surface area contributed by atoms with Crippen LogP contribution >= 0.6 is 0 Å². The summed E-state index contributed by atoms with van der Waals surface area (Å²) in [5.41, 5.74) is -0.392. The maximum Gasteiger partial charge on any atom is 0.332 e. The highest BCUT2D eigenvalue weighted by Gasteiger charge is 2.19. The molecule has 0 saturated carbocycles. The number of hydrogen-bond acceptors (Lipinski definition) is 4. The third-order valence-corrected chi connectivity index (χ3v) is 4.02. The van der Waals surface area contributed by atoms with Crippen LogP contribution in [0.2, 0.25) is 0 Å². The number of nitrogens with one attached hydrogen (secondary N) is 1. The summed E-state index contributed by atoms with van der Waals surface area (Å²) in [5, 5.41) is 2.67. The molecule has 25 heavy (non-hydrogen) atoms. The molecule has 1 N–H and O–H groups in total. The number of hydrogen-bond donors (Lipinski definition) is 1. The minimum atomic E-state index is -0.690. The van der Waals surface area contributed by atoms with Gasteiger partial charge in [-0.2, -0.15) is 0 Å². The molecule has 0 spiro atoms. The van der Waals surface area contributed by atoms with Crippen LogP contribution in [-0.2, 0) is 14.1 Å². The van der Waals surface area contributed by atoms with E-state index in [4.69, 9.17) is 0 Å². The Morgan fingerprint density at radius 3 is 2.52 bits per heavy atom. The summed E-state index contributed by atoms with van der Waals surface area (Å²) in [7, 11) is 2.82. The van der Waals surface area contributed by atoms with Crippen molar-refractivity contribution in [3.8, 4) is 0 Å². The Bertz CT molecular complexity index is 1130. The molecule has 0 aliphatic rings. The molecule has 0 aliphatic carbocycles. The molecule has 8 heteroatoms. The lowest BCUT2D eigenvalue weighted by atomic mass is 10.1. The Labute approximate surface area is 141 Å². The Morgan fingerprint density at radius 2 is 1.84 bits per heavy atom. The number of nitrogens with zero attached hydrogens (tertiary/aromatic N) is 3. The molecule has 0 aliphatic heterocycles. The van der Waals surface area contributed by atoms with E-state index in [0.717, 1.165) is 4.57 Å². The second-order valence-corrected chi connectivity index (χ2v) is 5.65. The van der Waals surface area contributed by atoms with E-state index in [9.17, 15) is 18.8 Å². The minimum Gasteiger partial charge on any atom is -0.321 e. The Balaban J connectivity index is 2.25. The number of fused-ring (bicyclic) bond motifs is 1. The molecule has 0 fully saturated rings. The number of anilines is 1. The van der Waals surface area contributed by atoms with Gasteiger partial charge in [-0.05, 0) is 24.6 Å². The van der Waals surface area contributed by atoms with E-state index in [1.807, 2.05) is 0 Å². The van der Waals surface area contributed by atoms with Crippen LogP contribution in [0, 0.1) is 12.7 Å². The molecule has 0 saturated heterocycles. The van der Waals surface area contributed by atoms with Gasteiger partial charge in [-0.25, -0.2) is 14.2 Å². The van der Waals surface area contributed by atoms with Crippen molar-refractivity contribution < 1.29 is 9.18 Å². The first-order valence-electron chi connectivity index (χ1n) is 7.44. The Morgan fingerprint density at radius 1 is 1.16 bits per heavy atom. The zero-order chi connectivity index (χ0) is 18.3. The van der Waals surface area contributed by atoms with Crippen LogP contribution in [-0.4, -0.2) is 20.0 Å². The Hall–Kier alpha value is -3.29. The first kappa shape index (κ1) is 16.6. The van der Waals surface area contributed by atoms with Gasteiger partial charge in [0.05, 0.1) is 11.3 Å². The molecule has 2 aromatic heterocycles. The van der Waals surface area contributed by atoms with Gasteiger partial charge in [0.25, 0.3) is 11.5 Å². The molecular formula is C17H15FN4O3. The highest BCUT2D eigenvalue weighted by molar-refractivity contribution is 6.08. The van der Waals surface area contributed by atoms with E-state index in [1.54, 1.807) is 6.92 Å².